The van der Waals surface area contributed by atoms with Crippen molar-refractivity contribution in [2.24, 2.45) is 0 Å². The predicted octanol–water partition coefficient (Wildman–Crippen LogP) is 5.23. The molecule has 1 unspecified atom stereocenters. The molecule has 2 rings (SSSR count). The largest absolute Gasteiger partial charge is 0.385 e. The maximum atomic E-state index is 4.10. The highest BCUT2D eigenvalue weighted by atomic mass is 14.8. The molecule has 2 heteroatoms. The highest BCUT2D eigenvalue weighted by Gasteiger charge is 2.08. The molecular weight excluding hydrogens is 280 g/mol. The van der Waals surface area contributed by atoms with E-state index in [0.29, 0.717) is 5.92 Å². The average Bonchev–Trinajstić information content (AvgIpc) is 2.59. The molecular formula is C21H31N2+. The minimum absolute atomic E-state index is 0.496. The molecule has 2 aromatic rings. The molecule has 0 spiro atoms. The van der Waals surface area contributed by atoms with E-state index in [1.54, 1.807) is 0 Å². The van der Waals surface area contributed by atoms with E-state index in [-0.39, 0.29) is 0 Å². The van der Waals surface area contributed by atoms with Crippen molar-refractivity contribution < 1.29 is 5.73 Å². The maximum Gasteiger partial charge on any atom is 0.131 e. The van der Waals surface area contributed by atoms with Crippen LogP contribution in [0.25, 0.3) is 6.08 Å². The van der Waals surface area contributed by atoms with Crippen LogP contribution in [-0.4, -0.2) is 6.54 Å². The molecule has 0 heterocycles. The van der Waals surface area contributed by atoms with Crippen molar-refractivity contribution in [3.05, 3.63) is 65.7 Å². The van der Waals surface area contributed by atoms with Crippen LogP contribution < -0.4 is 11.1 Å². The lowest BCUT2D eigenvalue weighted by Gasteiger charge is -2.09. The predicted molar refractivity (Wildman–Crippen MR) is 103 cm³/mol. The van der Waals surface area contributed by atoms with Gasteiger partial charge >= 0.3 is 0 Å². The van der Waals surface area contributed by atoms with Crippen LogP contribution in [0.3, 0.4) is 0 Å². The van der Waals surface area contributed by atoms with Gasteiger partial charge < -0.3 is 11.1 Å². The number of allylic oxidation sites excluding steroid dienone is 1. The van der Waals surface area contributed by atoms with Crippen LogP contribution in [0.2, 0.25) is 0 Å². The summed E-state index contributed by atoms with van der Waals surface area (Å²) in [6.07, 6.45) is 5.47. The summed E-state index contributed by atoms with van der Waals surface area (Å²) in [5.74, 6) is 0.496. The van der Waals surface area contributed by atoms with Crippen molar-refractivity contribution in [3.63, 3.8) is 0 Å². The minimum atomic E-state index is 0.496. The fourth-order valence-electron chi connectivity index (χ4n) is 2.47. The third kappa shape index (κ3) is 6.29. The van der Waals surface area contributed by atoms with Crippen LogP contribution in [0.15, 0.2) is 54.6 Å². The van der Waals surface area contributed by atoms with Gasteiger partial charge in [-0.2, -0.15) is 0 Å². The second-order valence-corrected chi connectivity index (χ2v) is 5.39. The van der Waals surface area contributed by atoms with E-state index in [1.807, 2.05) is 19.9 Å². The van der Waals surface area contributed by atoms with E-state index in [4.69, 9.17) is 0 Å². The Morgan fingerprint density at radius 3 is 2.30 bits per heavy atom. The molecule has 124 valence electrons. The maximum absolute atomic E-state index is 4.10. The number of benzene rings is 2. The number of hydrogen-bond acceptors (Lipinski definition) is 1. The van der Waals surface area contributed by atoms with E-state index in [0.717, 1.165) is 18.7 Å². The molecule has 0 saturated heterocycles. The Bertz CT molecular complexity index is 585. The average molecular weight is 311 g/mol. The monoisotopic (exact) mass is 311 g/mol. The summed E-state index contributed by atoms with van der Waals surface area (Å²) < 4.78 is 0. The Morgan fingerprint density at radius 2 is 1.70 bits per heavy atom. The minimum Gasteiger partial charge on any atom is -0.385 e. The lowest BCUT2D eigenvalue weighted by molar-refractivity contribution is -0.256. The first-order chi connectivity index (χ1) is 11.2. The van der Waals surface area contributed by atoms with E-state index >= 15 is 0 Å². The second-order valence-electron chi connectivity index (χ2n) is 5.39. The molecule has 23 heavy (non-hydrogen) atoms. The van der Waals surface area contributed by atoms with Crippen LogP contribution in [0.4, 0.5) is 11.4 Å². The smallest absolute Gasteiger partial charge is 0.131 e. The fraction of sp³-hybridized carbons (Fsp3) is 0.333. The Hall–Kier alpha value is -2.06. The van der Waals surface area contributed by atoms with E-state index in [9.17, 15) is 0 Å². The van der Waals surface area contributed by atoms with Gasteiger partial charge in [-0.1, -0.05) is 63.3 Å². The molecule has 2 aromatic carbocycles. The Kier molecular flexibility index (Phi) is 8.78. The zero-order chi connectivity index (χ0) is 17.1. The number of quaternary nitrogens is 1. The van der Waals surface area contributed by atoms with E-state index < -0.39 is 0 Å². The van der Waals surface area contributed by atoms with Crippen LogP contribution in [0.1, 0.15) is 51.2 Å². The van der Waals surface area contributed by atoms with Gasteiger partial charge in [-0.15, -0.1) is 0 Å². The van der Waals surface area contributed by atoms with Crippen LogP contribution in [-0.2, 0) is 0 Å². The van der Waals surface area contributed by atoms with Crippen molar-refractivity contribution in [2.45, 2.75) is 40.0 Å². The highest BCUT2D eigenvalue weighted by molar-refractivity contribution is 5.55. The summed E-state index contributed by atoms with van der Waals surface area (Å²) >= 11 is 0. The number of rotatable bonds is 6. The first-order valence-corrected chi connectivity index (χ1v) is 8.62. The summed E-state index contributed by atoms with van der Waals surface area (Å²) in [4.78, 5) is 0. The topological polar surface area (TPSA) is 39.7 Å². The molecule has 0 bridgehead atoms. The summed E-state index contributed by atoms with van der Waals surface area (Å²) in [5, 5.41) is 3.31. The van der Waals surface area contributed by atoms with Crippen molar-refractivity contribution in [1.82, 2.24) is 0 Å². The van der Waals surface area contributed by atoms with Gasteiger partial charge in [-0.3, -0.25) is 0 Å². The fourth-order valence-corrected chi connectivity index (χ4v) is 2.47. The second kappa shape index (κ2) is 10.6. The summed E-state index contributed by atoms with van der Waals surface area (Å²) in [5.41, 5.74) is 8.99. The molecule has 2 nitrogen and oxygen atoms in total. The zero-order valence-electron chi connectivity index (χ0n) is 15.0. The van der Waals surface area contributed by atoms with Crippen molar-refractivity contribution >= 4 is 17.5 Å². The van der Waals surface area contributed by atoms with Gasteiger partial charge in [0.25, 0.3) is 0 Å². The normalized spacial score (nSPS) is 11.7. The molecule has 0 aliphatic carbocycles. The molecule has 0 aliphatic rings. The lowest BCUT2D eigenvalue weighted by Crippen LogP contribution is -2.41. The van der Waals surface area contributed by atoms with Crippen LogP contribution in [0.5, 0.6) is 0 Å². The van der Waals surface area contributed by atoms with Crippen LogP contribution in [0, 0.1) is 0 Å². The summed E-state index contributed by atoms with van der Waals surface area (Å²) in [6.45, 7) is 9.31. The quantitative estimate of drug-likeness (QED) is 0.754. The molecule has 1 atom stereocenters. The van der Waals surface area contributed by atoms with E-state index in [1.165, 1.54) is 16.8 Å². The first-order valence-electron chi connectivity index (χ1n) is 8.62. The van der Waals surface area contributed by atoms with Gasteiger partial charge in [0.2, 0.25) is 0 Å². The zero-order valence-corrected chi connectivity index (χ0v) is 15.0. The molecule has 0 aliphatic heterocycles. The number of nitrogens with one attached hydrogen (secondary N) is 1. The van der Waals surface area contributed by atoms with Crippen molar-refractivity contribution in [1.29, 1.82) is 0 Å². The van der Waals surface area contributed by atoms with E-state index in [2.05, 4.69) is 79.5 Å². The molecule has 0 aromatic heterocycles. The molecule has 0 amide bonds. The van der Waals surface area contributed by atoms with Gasteiger partial charge in [0.05, 0.1) is 0 Å². The van der Waals surface area contributed by atoms with Gasteiger partial charge in [-0.25, -0.2) is 0 Å². The molecule has 4 N–H and O–H groups in total. The lowest BCUT2D eigenvalue weighted by atomic mass is 9.96. The van der Waals surface area contributed by atoms with Crippen LogP contribution >= 0.6 is 0 Å². The van der Waals surface area contributed by atoms with Gasteiger partial charge in [0.1, 0.15) is 5.69 Å². The summed E-state index contributed by atoms with van der Waals surface area (Å²) in [6, 6.07) is 16.9. The summed E-state index contributed by atoms with van der Waals surface area (Å²) in [7, 11) is 0. The van der Waals surface area contributed by atoms with Crippen molar-refractivity contribution in [3.8, 4) is 0 Å². The number of hydrogen-bond donors (Lipinski definition) is 2. The third-order valence-corrected chi connectivity index (χ3v) is 3.68. The Balaban J connectivity index is 0.00000127. The molecule has 0 fully saturated rings. The Morgan fingerprint density at radius 1 is 1.04 bits per heavy atom. The van der Waals surface area contributed by atoms with Crippen molar-refractivity contribution in [2.75, 3.05) is 11.9 Å². The first kappa shape index (κ1) is 19.0. The highest BCUT2D eigenvalue weighted by Crippen LogP contribution is 2.24. The van der Waals surface area contributed by atoms with Gasteiger partial charge in [-0.05, 0) is 43.0 Å². The molecule has 0 radical (unpaired) electrons. The number of anilines is 1. The standard InChI is InChI=1S/C19H24N2.C2H6/c1-3-21-17-13-11-16(12-14-17)8-6-7-15(2)18-9-4-5-10-19(18)20;1-2/h4-6,8-15,21H,3,7,20H2,1-2H3;1-2H3/p+1/b8-6+;. The van der Waals surface area contributed by atoms with Gasteiger partial charge in [0, 0.05) is 17.8 Å². The van der Waals surface area contributed by atoms with Gasteiger partial charge in [0.15, 0.2) is 0 Å². The SMILES string of the molecule is CC.CCNc1ccc(/C=C/CC(C)c2ccccc2[NH3+])cc1. The Labute approximate surface area is 141 Å². The third-order valence-electron chi connectivity index (χ3n) is 3.68. The molecule has 0 saturated carbocycles.